The van der Waals surface area contributed by atoms with Crippen molar-refractivity contribution in [3.05, 3.63) is 53.9 Å². The van der Waals surface area contributed by atoms with E-state index in [1.54, 1.807) is 13.3 Å². The zero-order chi connectivity index (χ0) is 16.8. The van der Waals surface area contributed by atoms with Crippen molar-refractivity contribution >= 4 is 0 Å². The minimum absolute atomic E-state index is 0.470. The van der Waals surface area contributed by atoms with Gasteiger partial charge in [-0.25, -0.2) is 0 Å². The highest BCUT2D eigenvalue weighted by Gasteiger charge is 2.17. The lowest BCUT2D eigenvalue weighted by molar-refractivity contribution is 0.195. The Morgan fingerprint density at radius 1 is 1.29 bits per heavy atom. The average Bonchev–Trinajstić information content (AvgIpc) is 2.61. The molecule has 0 saturated carbocycles. The molecule has 1 aliphatic rings. The second-order valence-electron chi connectivity index (χ2n) is 6.17. The predicted molar refractivity (Wildman–Crippen MR) is 94.3 cm³/mol. The van der Waals surface area contributed by atoms with E-state index in [0.717, 1.165) is 48.9 Å². The van der Waals surface area contributed by atoms with Crippen LogP contribution in [0.3, 0.4) is 0 Å². The molecule has 0 spiro atoms. The third-order valence-electron chi connectivity index (χ3n) is 4.22. The summed E-state index contributed by atoms with van der Waals surface area (Å²) in [7, 11) is 1.69. The van der Waals surface area contributed by atoms with Gasteiger partial charge in [-0.2, -0.15) is 0 Å². The van der Waals surface area contributed by atoms with Gasteiger partial charge in [-0.3, -0.25) is 9.88 Å². The summed E-state index contributed by atoms with van der Waals surface area (Å²) in [6.07, 6.45) is 1.79. The molecule has 5 heteroatoms. The molecule has 3 rings (SSSR count). The van der Waals surface area contributed by atoms with Crippen LogP contribution in [0.2, 0.25) is 0 Å². The molecule has 0 bridgehead atoms. The zero-order valence-electron chi connectivity index (χ0n) is 14.4. The Morgan fingerprint density at radius 2 is 2.21 bits per heavy atom. The number of rotatable bonds is 6. The van der Waals surface area contributed by atoms with Gasteiger partial charge in [-0.15, -0.1) is 0 Å². The van der Waals surface area contributed by atoms with E-state index in [-0.39, 0.29) is 0 Å². The second-order valence-corrected chi connectivity index (χ2v) is 6.17. The van der Waals surface area contributed by atoms with E-state index >= 15 is 0 Å². The summed E-state index contributed by atoms with van der Waals surface area (Å²) in [5, 5.41) is 3.48. The van der Waals surface area contributed by atoms with Crippen molar-refractivity contribution in [2.24, 2.45) is 0 Å². The van der Waals surface area contributed by atoms with Gasteiger partial charge < -0.3 is 14.8 Å². The third kappa shape index (κ3) is 4.46. The number of nitrogens with one attached hydrogen (secondary N) is 1. The molecule has 1 saturated heterocycles. The number of hydrogen-bond acceptors (Lipinski definition) is 5. The third-order valence-corrected chi connectivity index (χ3v) is 4.22. The smallest absolute Gasteiger partial charge is 0.130 e. The standard InChI is InChI=1S/C19H25N3O2/c1-15-12-22(10-9-20-15)13-16-11-18(23-2)6-7-19(16)24-14-17-5-3-4-8-21-17/h3-8,11,15,20H,9-10,12-14H2,1-2H3/t15-/m1/s1. The summed E-state index contributed by atoms with van der Waals surface area (Å²) in [6, 6.07) is 12.4. The molecule has 24 heavy (non-hydrogen) atoms. The Balaban J connectivity index is 1.72. The van der Waals surface area contributed by atoms with Gasteiger partial charge >= 0.3 is 0 Å². The van der Waals surface area contributed by atoms with Crippen LogP contribution in [-0.2, 0) is 13.2 Å². The monoisotopic (exact) mass is 327 g/mol. The molecule has 5 nitrogen and oxygen atoms in total. The van der Waals surface area contributed by atoms with Gasteiger partial charge in [0.1, 0.15) is 18.1 Å². The Kier molecular flexibility index (Phi) is 5.67. The lowest BCUT2D eigenvalue weighted by atomic mass is 10.1. The zero-order valence-corrected chi connectivity index (χ0v) is 14.4. The minimum Gasteiger partial charge on any atom is -0.497 e. The summed E-state index contributed by atoms with van der Waals surface area (Å²) < 4.78 is 11.4. The van der Waals surface area contributed by atoms with Gasteiger partial charge in [-0.05, 0) is 37.3 Å². The number of ether oxygens (including phenoxy) is 2. The van der Waals surface area contributed by atoms with Crippen LogP contribution in [0.1, 0.15) is 18.2 Å². The molecular weight excluding hydrogens is 302 g/mol. The number of piperazine rings is 1. The topological polar surface area (TPSA) is 46.6 Å². The maximum Gasteiger partial charge on any atom is 0.130 e. The average molecular weight is 327 g/mol. The Hall–Kier alpha value is -2.11. The summed E-state index contributed by atoms with van der Waals surface area (Å²) in [6.45, 7) is 6.66. The van der Waals surface area contributed by atoms with Gasteiger partial charge in [0.05, 0.1) is 12.8 Å². The molecule has 1 atom stereocenters. The molecule has 1 N–H and O–H groups in total. The van der Waals surface area contributed by atoms with Crippen LogP contribution < -0.4 is 14.8 Å². The van der Waals surface area contributed by atoms with Crippen molar-refractivity contribution in [3.63, 3.8) is 0 Å². The van der Waals surface area contributed by atoms with E-state index < -0.39 is 0 Å². The largest absolute Gasteiger partial charge is 0.497 e. The first-order valence-corrected chi connectivity index (χ1v) is 8.40. The van der Waals surface area contributed by atoms with E-state index in [2.05, 4.69) is 28.2 Å². The lowest BCUT2D eigenvalue weighted by Gasteiger charge is -2.32. The van der Waals surface area contributed by atoms with Gasteiger partial charge in [-0.1, -0.05) is 6.07 Å². The van der Waals surface area contributed by atoms with E-state index in [1.807, 2.05) is 30.3 Å². The fraction of sp³-hybridized carbons (Fsp3) is 0.421. The van der Waals surface area contributed by atoms with Gasteiger partial charge in [0, 0.05) is 44.0 Å². The Bertz CT molecular complexity index is 648. The molecule has 1 aromatic carbocycles. The number of methoxy groups -OCH3 is 1. The molecule has 2 aromatic rings. The number of pyridine rings is 1. The van der Waals surface area contributed by atoms with Crippen molar-refractivity contribution in [1.82, 2.24) is 15.2 Å². The van der Waals surface area contributed by atoms with Crippen LogP contribution in [0, 0.1) is 0 Å². The number of hydrogen-bond donors (Lipinski definition) is 1. The summed E-state index contributed by atoms with van der Waals surface area (Å²) in [5.74, 6) is 1.76. The molecule has 1 fully saturated rings. The van der Waals surface area contributed by atoms with Crippen molar-refractivity contribution in [2.75, 3.05) is 26.7 Å². The molecule has 0 radical (unpaired) electrons. The van der Waals surface area contributed by atoms with Gasteiger partial charge in [0.2, 0.25) is 0 Å². The fourth-order valence-electron chi connectivity index (χ4n) is 2.98. The highest BCUT2D eigenvalue weighted by molar-refractivity contribution is 5.40. The lowest BCUT2D eigenvalue weighted by Crippen LogP contribution is -2.48. The molecule has 2 heterocycles. The van der Waals surface area contributed by atoms with Crippen molar-refractivity contribution < 1.29 is 9.47 Å². The summed E-state index contributed by atoms with van der Waals surface area (Å²) in [4.78, 5) is 6.76. The van der Waals surface area contributed by atoms with E-state index in [4.69, 9.17) is 9.47 Å². The normalized spacial score (nSPS) is 18.3. The fourth-order valence-corrected chi connectivity index (χ4v) is 2.98. The van der Waals surface area contributed by atoms with Crippen molar-refractivity contribution in [3.8, 4) is 11.5 Å². The Morgan fingerprint density at radius 3 is 2.96 bits per heavy atom. The van der Waals surface area contributed by atoms with E-state index in [1.165, 1.54) is 0 Å². The van der Waals surface area contributed by atoms with Crippen molar-refractivity contribution in [1.29, 1.82) is 0 Å². The first-order chi connectivity index (χ1) is 11.7. The first kappa shape index (κ1) is 16.7. The highest BCUT2D eigenvalue weighted by atomic mass is 16.5. The maximum absolute atomic E-state index is 6.03. The van der Waals surface area contributed by atoms with E-state index in [9.17, 15) is 0 Å². The number of nitrogens with zero attached hydrogens (tertiary/aromatic N) is 2. The second kappa shape index (κ2) is 8.13. The van der Waals surface area contributed by atoms with Crippen molar-refractivity contribution in [2.45, 2.75) is 26.1 Å². The van der Waals surface area contributed by atoms with Crippen LogP contribution in [-0.4, -0.2) is 42.7 Å². The SMILES string of the molecule is COc1ccc(OCc2ccccn2)c(CN2CCN[C@H](C)C2)c1. The van der Waals surface area contributed by atoms with Crippen LogP contribution in [0.25, 0.3) is 0 Å². The molecule has 1 aliphatic heterocycles. The number of benzene rings is 1. The quantitative estimate of drug-likeness (QED) is 0.883. The van der Waals surface area contributed by atoms with Gasteiger partial charge in [0.25, 0.3) is 0 Å². The number of aromatic nitrogens is 1. The van der Waals surface area contributed by atoms with Crippen LogP contribution >= 0.6 is 0 Å². The van der Waals surface area contributed by atoms with Crippen LogP contribution in [0.4, 0.5) is 0 Å². The highest BCUT2D eigenvalue weighted by Crippen LogP contribution is 2.26. The summed E-state index contributed by atoms with van der Waals surface area (Å²) in [5.41, 5.74) is 2.08. The van der Waals surface area contributed by atoms with E-state index in [0.29, 0.717) is 12.6 Å². The van der Waals surface area contributed by atoms with Gasteiger partial charge in [0.15, 0.2) is 0 Å². The summed E-state index contributed by atoms with van der Waals surface area (Å²) >= 11 is 0. The molecule has 0 unspecified atom stereocenters. The molecule has 0 amide bonds. The van der Waals surface area contributed by atoms with Crippen LogP contribution in [0.5, 0.6) is 11.5 Å². The van der Waals surface area contributed by atoms with Crippen LogP contribution in [0.15, 0.2) is 42.6 Å². The minimum atomic E-state index is 0.470. The molecular formula is C19H25N3O2. The Labute approximate surface area is 143 Å². The molecule has 0 aliphatic carbocycles. The first-order valence-electron chi connectivity index (χ1n) is 8.40. The molecule has 1 aromatic heterocycles. The maximum atomic E-state index is 6.03. The predicted octanol–water partition coefficient (Wildman–Crippen LogP) is 2.46. The molecule has 128 valence electrons.